The summed E-state index contributed by atoms with van der Waals surface area (Å²) in [6.07, 6.45) is 3.90. The predicted octanol–water partition coefficient (Wildman–Crippen LogP) is 4.92. The van der Waals surface area contributed by atoms with E-state index in [9.17, 15) is 0 Å². The van der Waals surface area contributed by atoms with Crippen molar-refractivity contribution in [2.75, 3.05) is 5.75 Å². The van der Waals surface area contributed by atoms with Gasteiger partial charge in [-0.3, -0.25) is 0 Å². The first kappa shape index (κ1) is 14.7. The molecular weight excluding hydrogens is 274 g/mol. The molecule has 21 heavy (non-hydrogen) atoms. The second kappa shape index (κ2) is 6.67. The summed E-state index contributed by atoms with van der Waals surface area (Å²) < 4.78 is 0. The highest BCUT2D eigenvalue weighted by molar-refractivity contribution is 7.99. The molecule has 2 aromatic rings. The van der Waals surface area contributed by atoms with Crippen LogP contribution in [0.2, 0.25) is 0 Å². The quantitative estimate of drug-likeness (QED) is 0.811. The van der Waals surface area contributed by atoms with Crippen molar-refractivity contribution < 1.29 is 0 Å². The maximum Gasteiger partial charge on any atom is 0.0266 e. The number of fused-ring (bicyclic) bond motifs is 1. The van der Waals surface area contributed by atoms with E-state index in [1.165, 1.54) is 35.5 Å². The summed E-state index contributed by atoms with van der Waals surface area (Å²) in [5, 5.41) is 0. The Bertz CT molecular complexity index is 589. The third-order valence-corrected chi connectivity index (χ3v) is 5.53. The van der Waals surface area contributed by atoms with Crippen LogP contribution in [0, 0.1) is 0 Å². The maximum atomic E-state index is 5.90. The highest BCUT2D eigenvalue weighted by atomic mass is 32.2. The highest BCUT2D eigenvalue weighted by Gasteiger charge is 2.19. The molecule has 0 saturated carbocycles. The van der Waals surface area contributed by atoms with Crippen LogP contribution in [-0.4, -0.2) is 5.75 Å². The molecule has 0 radical (unpaired) electrons. The maximum absolute atomic E-state index is 5.90. The van der Waals surface area contributed by atoms with Crippen molar-refractivity contribution in [3.05, 3.63) is 65.2 Å². The van der Waals surface area contributed by atoms with Gasteiger partial charge in [0.05, 0.1) is 0 Å². The molecule has 0 fully saturated rings. The van der Waals surface area contributed by atoms with E-state index >= 15 is 0 Å². The van der Waals surface area contributed by atoms with Gasteiger partial charge in [0.25, 0.3) is 0 Å². The van der Waals surface area contributed by atoms with Crippen molar-refractivity contribution in [1.82, 2.24) is 0 Å². The van der Waals surface area contributed by atoms with Crippen LogP contribution < -0.4 is 5.73 Å². The fourth-order valence-corrected chi connectivity index (χ4v) is 4.16. The van der Waals surface area contributed by atoms with Gasteiger partial charge in [-0.2, -0.15) is 0 Å². The molecule has 0 saturated heterocycles. The summed E-state index contributed by atoms with van der Waals surface area (Å²) in [4.78, 5) is 1.35. The molecule has 0 aliphatic heterocycles. The molecule has 2 aromatic carbocycles. The van der Waals surface area contributed by atoms with Gasteiger partial charge in [0.1, 0.15) is 0 Å². The summed E-state index contributed by atoms with van der Waals surface area (Å²) in [5.74, 6) is 1.88. The zero-order chi connectivity index (χ0) is 14.7. The smallest absolute Gasteiger partial charge is 0.0266 e. The molecule has 1 nitrogen and oxygen atoms in total. The molecule has 110 valence electrons. The van der Waals surface area contributed by atoms with Crippen molar-refractivity contribution >= 4 is 11.8 Å². The SMILES string of the molecule is CC(N)c1ccc(SCC2CCCc3ccccc32)cc1. The Balaban J connectivity index is 1.66. The topological polar surface area (TPSA) is 26.0 Å². The van der Waals surface area contributed by atoms with Crippen molar-refractivity contribution in [1.29, 1.82) is 0 Å². The molecule has 2 unspecified atom stereocenters. The van der Waals surface area contributed by atoms with Gasteiger partial charge in [0.15, 0.2) is 0 Å². The second-order valence-corrected chi connectivity index (χ2v) is 7.05. The predicted molar refractivity (Wildman–Crippen MR) is 91.9 cm³/mol. The molecule has 3 rings (SSSR count). The van der Waals surface area contributed by atoms with Crippen molar-refractivity contribution in [2.24, 2.45) is 5.73 Å². The highest BCUT2D eigenvalue weighted by Crippen LogP contribution is 2.35. The lowest BCUT2D eigenvalue weighted by Crippen LogP contribution is -2.11. The molecule has 2 heteroatoms. The minimum Gasteiger partial charge on any atom is -0.324 e. The van der Waals surface area contributed by atoms with Gasteiger partial charge in [-0.15, -0.1) is 11.8 Å². The van der Waals surface area contributed by atoms with E-state index in [2.05, 4.69) is 48.5 Å². The van der Waals surface area contributed by atoms with Gasteiger partial charge in [-0.05, 0) is 60.9 Å². The Hall–Kier alpha value is -1.25. The van der Waals surface area contributed by atoms with E-state index in [1.54, 1.807) is 11.1 Å². The zero-order valence-corrected chi connectivity index (χ0v) is 13.4. The molecule has 0 aromatic heterocycles. The van der Waals surface area contributed by atoms with E-state index in [0.717, 1.165) is 0 Å². The van der Waals surface area contributed by atoms with Crippen LogP contribution in [0.25, 0.3) is 0 Å². The molecule has 2 atom stereocenters. The van der Waals surface area contributed by atoms with Crippen LogP contribution in [0.3, 0.4) is 0 Å². The molecule has 2 N–H and O–H groups in total. The van der Waals surface area contributed by atoms with Gasteiger partial charge in [0, 0.05) is 16.7 Å². The minimum absolute atomic E-state index is 0.120. The fourth-order valence-electron chi connectivity index (χ4n) is 3.09. The average molecular weight is 297 g/mol. The lowest BCUT2D eigenvalue weighted by atomic mass is 9.84. The number of aryl methyl sites for hydroxylation is 1. The summed E-state index contributed by atoms with van der Waals surface area (Å²) in [5.41, 5.74) is 10.2. The molecule has 1 aliphatic rings. The average Bonchev–Trinajstić information content (AvgIpc) is 2.53. The standard InChI is InChI=1S/C19H23NS/c1-14(20)15-9-11-18(12-10-15)21-13-17-7-4-6-16-5-2-3-8-19(16)17/h2-3,5,8-12,14,17H,4,6-7,13,20H2,1H3. The Labute approximate surface area is 132 Å². The summed E-state index contributed by atoms with van der Waals surface area (Å²) in [6, 6.07) is 17.8. The van der Waals surface area contributed by atoms with E-state index in [-0.39, 0.29) is 6.04 Å². The Morgan fingerprint density at radius 3 is 2.67 bits per heavy atom. The minimum atomic E-state index is 0.120. The van der Waals surface area contributed by atoms with Gasteiger partial charge in [-0.1, -0.05) is 36.4 Å². The normalized spacial score (nSPS) is 19.0. The fraction of sp³-hybridized carbons (Fsp3) is 0.368. The van der Waals surface area contributed by atoms with Gasteiger partial charge in [0.2, 0.25) is 0 Å². The van der Waals surface area contributed by atoms with Crippen LogP contribution in [0.15, 0.2) is 53.4 Å². The summed E-state index contributed by atoms with van der Waals surface area (Å²) >= 11 is 1.97. The number of rotatable bonds is 4. The Kier molecular flexibility index (Phi) is 4.67. The van der Waals surface area contributed by atoms with Crippen molar-refractivity contribution in [2.45, 2.75) is 43.0 Å². The van der Waals surface area contributed by atoms with E-state index in [4.69, 9.17) is 5.73 Å². The first-order chi connectivity index (χ1) is 10.2. The molecule has 1 aliphatic carbocycles. The zero-order valence-electron chi connectivity index (χ0n) is 12.6. The molecule has 0 bridgehead atoms. The van der Waals surface area contributed by atoms with Gasteiger partial charge < -0.3 is 5.73 Å². The number of hydrogen-bond acceptors (Lipinski definition) is 2. The number of hydrogen-bond donors (Lipinski definition) is 1. The van der Waals surface area contributed by atoms with Crippen LogP contribution in [0.1, 0.15) is 48.4 Å². The number of thioether (sulfide) groups is 1. The number of nitrogens with two attached hydrogens (primary N) is 1. The van der Waals surface area contributed by atoms with E-state index in [1.807, 2.05) is 18.7 Å². The summed E-state index contributed by atoms with van der Waals surface area (Å²) in [7, 11) is 0. The first-order valence-corrected chi connectivity index (χ1v) is 8.79. The first-order valence-electron chi connectivity index (χ1n) is 7.80. The molecule has 0 spiro atoms. The van der Waals surface area contributed by atoms with E-state index < -0.39 is 0 Å². The largest absolute Gasteiger partial charge is 0.324 e. The number of benzene rings is 2. The second-order valence-electron chi connectivity index (χ2n) is 5.96. The lowest BCUT2D eigenvalue weighted by molar-refractivity contribution is 0.596. The monoisotopic (exact) mass is 297 g/mol. The summed E-state index contributed by atoms with van der Waals surface area (Å²) in [6.45, 7) is 2.03. The Morgan fingerprint density at radius 1 is 1.14 bits per heavy atom. The third kappa shape index (κ3) is 3.50. The van der Waals surface area contributed by atoms with Crippen LogP contribution in [-0.2, 0) is 6.42 Å². The van der Waals surface area contributed by atoms with Crippen LogP contribution in [0.4, 0.5) is 0 Å². The Morgan fingerprint density at radius 2 is 1.90 bits per heavy atom. The molecule has 0 amide bonds. The van der Waals surface area contributed by atoms with Gasteiger partial charge >= 0.3 is 0 Å². The van der Waals surface area contributed by atoms with Gasteiger partial charge in [-0.25, -0.2) is 0 Å². The molecule has 0 heterocycles. The third-order valence-electron chi connectivity index (χ3n) is 4.35. The molecular formula is C19H23NS. The van der Waals surface area contributed by atoms with Crippen LogP contribution in [0.5, 0.6) is 0 Å². The lowest BCUT2D eigenvalue weighted by Gasteiger charge is -2.25. The van der Waals surface area contributed by atoms with Crippen LogP contribution >= 0.6 is 11.8 Å². The van der Waals surface area contributed by atoms with E-state index in [0.29, 0.717) is 5.92 Å². The van der Waals surface area contributed by atoms with Crippen molar-refractivity contribution in [3.8, 4) is 0 Å². The van der Waals surface area contributed by atoms with Crippen molar-refractivity contribution in [3.63, 3.8) is 0 Å².